The number of benzene rings is 2. The molecule has 1 fully saturated rings. The van der Waals surface area contributed by atoms with Crippen LogP contribution in [-0.2, 0) is 16.1 Å². The number of carbonyl (C=O) groups excluding carboxylic acids is 2. The Balaban J connectivity index is 1.35. The third-order valence-electron chi connectivity index (χ3n) is 5.24. The molecule has 0 spiro atoms. The molecule has 0 aliphatic carbocycles. The first-order valence-corrected chi connectivity index (χ1v) is 10.8. The van der Waals surface area contributed by atoms with Crippen LogP contribution in [0.2, 0.25) is 5.02 Å². The molecule has 2 amide bonds. The lowest BCUT2D eigenvalue weighted by molar-refractivity contribution is -0.121. The first-order valence-electron chi connectivity index (χ1n) is 10.5. The number of anilines is 2. The van der Waals surface area contributed by atoms with E-state index in [1.54, 1.807) is 36.4 Å². The summed E-state index contributed by atoms with van der Waals surface area (Å²) in [6, 6.07) is 14.4. The van der Waals surface area contributed by atoms with Crippen LogP contribution in [0.4, 0.5) is 11.4 Å². The molecule has 1 aliphatic heterocycles. The summed E-state index contributed by atoms with van der Waals surface area (Å²) in [5, 5.41) is 10.3. The molecule has 1 unspecified atom stereocenters. The summed E-state index contributed by atoms with van der Waals surface area (Å²) in [6.45, 7) is 3.39. The SMILES string of the molecule is CC(=O)Nc1cccc(NC(=O)C2CCCN(Cc3nc(-c4cccc(Cl)c4)no3)C2)c1. The van der Waals surface area contributed by atoms with E-state index in [9.17, 15) is 9.59 Å². The van der Waals surface area contributed by atoms with Gasteiger partial charge in [0.05, 0.1) is 12.5 Å². The number of halogens is 1. The molecule has 4 rings (SSSR count). The zero-order valence-electron chi connectivity index (χ0n) is 17.7. The number of carbonyl (C=O) groups is 2. The Morgan fingerprint density at radius 3 is 2.72 bits per heavy atom. The van der Waals surface area contributed by atoms with Crippen molar-refractivity contribution in [3.05, 3.63) is 59.4 Å². The maximum atomic E-state index is 12.8. The van der Waals surface area contributed by atoms with Crippen LogP contribution in [0.25, 0.3) is 11.4 Å². The van der Waals surface area contributed by atoms with Crippen molar-refractivity contribution in [3.63, 3.8) is 0 Å². The van der Waals surface area contributed by atoms with Crippen LogP contribution in [0.3, 0.4) is 0 Å². The largest absolute Gasteiger partial charge is 0.338 e. The van der Waals surface area contributed by atoms with Crippen LogP contribution in [0.1, 0.15) is 25.7 Å². The van der Waals surface area contributed by atoms with Crippen molar-refractivity contribution in [2.75, 3.05) is 23.7 Å². The minimum Gasteiger partial charge on any atom is -0.338 e. The fourth-order valence-electron chi connectivity index (χ4n) is 3.79. The van der Waals surface area contributed by atoms with Gasteiger partial charge in [0.15, 0.2) is 0 Å². The number of piperidine rings is 1. The van der Waals surface area contributed by atoms with Crippen molar-refractivity contribution < 1.29 is 14.1 Å². The van der Waals surface area contributed by atoms with E-state index in [1.807, 2.05) is 12.1 Å². The topological polar surface area (TPSA) is 100 Å². The number of amides is 2. The van der Waals surface area contributed by atoms with Gasteiger partial charge in [-0.15, -0.1) is 0 Å². The van der Waals surface area contributed by atoms with E-state index in [1.165, 1.54) is 6.92 Å². The van der Waals surface area contributed by atoms with Gasteiger partial charge in [0.25, 0.3) is 0 Å². The third-order valence-corrected chi connectivity index (χ3v) is 5.47. The van der Waals surface area contributed by atoms with Crippen LogP contribution in [0.5, 0.6) is 0 Å². The number of nitrogens with one attached hydrogen (secondary N) is 2. The number of nitrogens with zero attached hydrogens (tertiary/aromatic N) is 3. The average Bonchev–Trinajstić information content (AvgIpc) is 3.22. The van der Waals surface area contributed by atoms with Crippen LogP contribution in [-0.4, -0.2) is 39.9 Å². The molecule has 166 valence electrons. The summed E-state index contributed by atoms with van der Waals surface area (Å²) in [4.78, 5) is 30.7. The molecule has 2 N–H and O–H groups in total. The molecular weight excluding hydrogens is 430 g/mol. The molecule has 32 heavy (non-hydrogen) atoms. The lowest BCUT2D eigenvalue weighted by Crippen LogP contribution is -2.40. The third kappa shape index (κ3) is 5.72. The molecule has 1 atom stereocenters. The predicted molar refractivity (Wildman–Crippen MR) is 122 cm³/mol. The van der Waals surface area contributed by atoms with Crippen LogP contribution < -0.4 is 10.6 Å². The van der Waals surface area contributed by atoms with Crippen molar-refractivity contribution in [3.8, 4) is 11.4 Å². The highest BCUT2D eigenvalue weighted by atomic mass is 35.5. The van der Waals surface area contributed by atoms with Gasteiger partial charge < -0.3 is 15.2 Å². The molecule has 9 heteroatoms. The van der Waals surface area contributed by atoms with Gasteiger partial charge in [0, 0.05) is 35.4 Å². The summed E-state index contributed by atoms with van der Waals surface area (Å²) in [7, 11) is 0. The van der Waals surface area contributed by atoms with E-state index in [4.69, 9.17) is 16.1 Å². The van der Waals surface area contributed by atoms with Gasteiger partial charge in [-0.2, -0.15) is 4.98 Å². The summed E-state index contributed by atoms with van der Waals surface area (Å²) >= 11 is 6.04. The first-order chi connectivity index (χ1) is 15.5. The Morgan fingerprint density at radius 1 is 1.16 bits per heavy atom. The van der Waals surface area contributed by atoms with Gasteiger partial charge in [-0.3, -0.25) is 14.5 Å². The van der Waals surface area contributed by atoms with Crippen LogP contribution in [0.15, 0.2) is 53.1 Å². The Labute approximate surface area is 190 Å². The summed E-state index contributed by atoms with van der Waals surface area (Å²) in [5.41, 5.74) is 2.10. The molecule has 1 aliphatic rings. The smallest absolute Gasteiger partial charge is 0.241 e. The van der Waals surface area contributed by atoms with Gasteiger partial charge in [-0.1, -0.05) is 35.0 Å². The summed E-state index contributed by atoms with van der Waals surface area (Å²) in [6.07, 6.45) is 1.71. The second kappa shape index (κ2) is 9.93. The van der Waals surface area contributed by atoms with E-state index >= 15 is 0 Å². The molecule has 1 aromatic heterocycles. The highest BCUT2D eigenvalue weighted by Gasteiger charge is 2.27. The normalized spacial score (nSPS) is 16.5. The zero-order valence-corrected chi connectivity index (χ0v) is 18.4. The van der Waals surface area contributed by atoms with Gasteiger partial charge >= 0.3 is 0 Å². The van der Waals surface area contributed by atoms with E-state index in [2.05, 4.69) is 25.7 Å². The number of likely N-dealkylation sites (tertiary alicyclic amines) is 1. The molecule has 3 aromatic rings. The maximum Gasteiger partial charge on any atom is 0.241 e. The predicted octanol–water partition coefficient (Wildman–Crippen LogP) is 4.20. The first kappa shape index (κ1) is 22.0. The molecule has 0 bridgehead atoms. The summed E-state index contributed by atoms with van der Waals surface area (Å²) < 4.78 is 5.42. The number of aromatic nitrogens is 2. The van der Waals surface area contributed by atoms with Gasteiger partial charge in [-0.25, -0.2) is 0 Å². The second-order valence-corrected chi connectivity index (χ2v) is 8.28. The van der Waals surface area contributed by atoms with Gasteiger partial charge in [0.1, 0.15) is 0 Å². The lowest BCUT2D eigenvalue weighted by atomic mass is 9.97. The van der Waals surface area contributed by atoms with Crippen molar-refractivity contribution in [1.29, 1.82) is 0 Å². The Bertz CT molecular complexity index is 1120. The van der Waals surface area contributed by atoms with Crippen molar-refractivity contribution >= 4 is 34.8 Å². The lowest BCUT2D eigenvalue weighted by Gasteiger charge is -2.30. The highest BCUT2D eigenvalue weighted by molar-refractivity contribution is 6.30. The van der Waals surface area contributed by atoms with E-state index in [0.717, 1.165) is 24.9 Å². The quantitative estimate of drug-likeness (QED) is 0.580. The molecule has 2 aromatic carbocycles. The molecule has 2 heterocycles. The minimum atomic E-state index is -0.157. The van der Waals surface area contributed by atoms with Crippen molar-refractivity contribution in [2.45, 2.75) is 26.3 Å². The highest BCUT2D eigenvalue weighted by Crippen LogP contribution is 2.23. The summed E-state index contributed by atoms with van der Waals surface area (Å²) in [5.74, 6) is 0.649. The Hall–Kier alpha value is -3.23. The maximum absolute atomic E-state index is 12.8. The number of hydrogen-bond acceptors (Lipinski definition) is 6. The van der Waals surface area contributed by atoms with Crippen molar-refractivity contribution in [1.82, 2.24) is 15.0 Å². The molecule has 1 saturated heterocycles. The van der Waals surface area contributed by atoms with E-state index < -0.39 is 0 Å². The fraction of sp³-hybridized carbons (Fsp3) is 0.304. The Kier molecular flexibility index (Phi) is 6.82. The van der Waals surface area contributed by atoms with Crippen molar-refractivity contribution in [2.24, 2.45) is 5.92 Å². The minimum absolute atomic E-state index is 0.0418. The molecule has 0 radical (unpaired) electrons. The van der Waals surface area contributed by atoms with E-state index in [-0.39, 0.29) is 17.7 Å². The van der Waals surface area contributed by atoms with Gasteiger partial charge in [0.2, 0.25) is 23.5 Å². The number of rotatable bonds is 6. The van der Waals surface area contributed by atoms with E-state index in [0.29, 0.717) is 41.2 Å². The molecule has 8 nitrogen and oxygen atoms in total. The Morgan fingerprint density at radius 2 is 1.94 bits per heavy atom. The number of hydrogen-bond donors (Lipinski definition) is 2. The second-order valence-electron chi connectivity index (χ2n) is 7.85. The molecule has 0 saturated carbocycles. The van der Waals surface area contributed by atoms with Gasteiger partial charge in [-0.05, 0) is 49.7 Å². The van der Waals surface area contributed by atoms with Crippen LogP contribution in [0, 0.1) is 5.92 Å². The monoisotopic (exact) mass is 453 g/mol. The standard InChI is InChI=1S/C23H24ClN5O3/c1-15(30)25-19-8-3-9-20(12-19)26-23(31)17-6-4-10-29(13-17)14-21-27-22(28-32-21)16-5-2-7-18(24)11-16/h2-3,5,7-9,11-12,17H,4,6,10,13-14H2,1H3,(H,25,30)(H,26,31). The molecular formula is C23H24ClN5O3. The average molecular weight is 454 g/mol. The fourth-order valence-corrected chi connectivity index (χ4v) is 3.98. The van der Waals surface area contributed by atoms with Crippen LogP contribution >= 0.6 is 11.6 Å². The zero-order chi connectivity index (χ0) is 22.5.